The molecule has 0 spiro atoms. The monoisotopic (exact) mass is 874 g/mol. The lowest BCUT2D eigenvalue weighted by atomic mass is 10.1. The molecule has 18 heteroatoms. The Morgan fingerprint density at radius 1 is 0.891 bits per heavy atom. The number of aromatic nitrogens is 5. The fourth-order valence-corrected chi connectivity index (χ4v) is 7.03. The minimum absolute atomic E-state index is 0.143. The van der Waals surface area contributed by atoms with Gasteiger partial charge in [0.15, 0.2) is 11.6 Å². The van der Waals surface area contributed by atoms with Crippen LogP contribution in [-0.2, 0) is 50.5 Å². The Kier molecular flexibility index (Phi) is 17.4. The van der Waals surface area contributed by atoms with E-state index in [0.717, 1.165) is 48.4 Å². The van der Waals surface area contributed by atoms with Crippen molar-refractivity contribution in [2.45, 2.75) is 64.2 Å². The first-order valence-corrected chi connectivity index (χ1v) is 21.3. The molecule has 0 saturated carbocycles. The summed E-state index contributed by atoms with van der Waals surface area (Å²) in [7, 11) is 3.36. The van der Waals surface area contributed by atoms with E-state index in [0.29, 0.717) is 79.8 Å². The Morgan fingerprint density at radius 3 is 2.48 bits per heavy atom. The molecule has 6 rings (SSSR count). The number of benzene rings is 3. The first kappa shape index (κ1) is 46.5. The van der Waals surface area contributed by atoms with Gasteiger partial charge in [-0.3, -0.25) is 19.2 Å². The van der Waals surface area contributed by atoms with Crippen LogP contribution < -0.4 is 26.0 Å². The molecule has 0 fully saturated rings. The minimum Gasteiger partial charge on any atom is -0.494 e. The molecule has 64 heavy (non-hydrogen) atoms. The number of hydrogen-bond donors (Lipinski definition) is 4. The zero-order chi connectivity index (χ0) is 45.1. The van der Waals surface area contributed by atoms with E-state index in [1.54, 1.807) is 42.6 Å². The summed E-state index contributed by atoms with van der Waals surface area (Å²) in [6.07, 6.45) is 7.55. The molecule has 4 amide bonds. The molecule has 1 aliphatic rings. The Labute approximate surface area is 371 Å². The molecule has 0 bridgehead atoms. The third-order valence-corrected chi connectivity index (χ3v) is 10.5. The fraction of sp³-hybridized carbons (Fsp3) is 0.370. The van der Waals surface area contributed by atoms with E-state index < -0.39 is 6.04 Å². The van der Waals surface area contributed by atoms with Gasteiger partial charge in [-0.2, -0.15) is 0 Å². The summed E-state index contributed by atoms with van der Waals surface area (Å²) in [4.78, 5) is 71.8. The molecule has 1 atom stereocenters. The lowest BCUT2D eigenvalue weighted by Gasteiger charge is -2.25. The van der Waals surface area contributed by atoms with Crippen LogP contribution in [0.4, 0.5) is 11.4 Å². The van der Waals surface area contributed by atoms with E-state index >= 15 is 0 Å². The zero-order valence-corrected chi connectivity index (χ0v) is 36.1. The van der Waals surface area contributed by atoms with Crippen molar-refractivity contribution in [2.24, 2.45) is 7.05 Å². The lowest BCUT2D eigenvalue weighted by molar-refractivity contribution is -0.125. The van der Waals surface area contributed by atoms with Crippen LogP contribution >= 0.6 is 0 Å². The normalized spacial score (nSPS) is 12.3. The van der Waals surface area contributed by atoms with E-state index in [-0.39, 0.29) is 49.6 Å². The van der Waals surface area contributed by atoms with E-state index in [1.165, 1.54) is 18.3 Å². The SMILES string of the molecule is CNC(=O)C(CCC=O)N1Cc2c(NC(=O)COCCCOCCCCCOc3ccc(CNC(=O)c4cccc(NCc5nnc(-c6ccncn6)n5C)c4)cc3)cccc2C1=O. The molecule has 0 saturated heterocycles. The third-order valence-electron chi connectivity index (χ3n) is 10.5. The average molecular weight is 875 g/mol. The van der Waals surface area contributed by atoms with Crippen molar-refractivity contribution >= 4 is 41.3 Å². The van der Waals surface area contributed by atoms with Gasteiger partial charge in [-0.25, -0.2) is 9.97 Å². The summed E-state index contributed by atoms with van der Waals surface area (Å²) < 4.78 is 19.0. The maximum Gasteiger partial charge on any atom is 0.255 e. The maximum absolute atomic E-state index is 13.1. The van der Waals surface area contributed by atoms with Crippen LogP contribution in [0.3, 0.4) is 0 Å². The number of nitrogens with zero attached hydrogens (tertiary/aromatic N) is 6. The van der Waals surface area contributed by atoms with Gasteiger partial charge in [0, 0.05) is 87.7 Å². The van der Waals surface area contributed by atoms with Crippen molar-refractivity contribution < 1.29 is 38.2 Å². The van der Waals surface area contributed by atoms with Crippen molar-refractivity contribution in [1.29, 1.82) is 0 Å². The number of anilines is 2. The second-order valence-corrected chi connectivity index (χ2v) is 15.0. The summed E-state index contributed by atoms with van der Waals surface area (Å²) in [6.45, 7) is 2.82. The van der Waals surface area contributed by atoms with E-state index in [9.17, 15) is 24.0 Å². The summed E-state index contributed by atoms with van der Waals surface area (Å²) in [5, 5.41) is 20.2. The Balaban J connectivity index is 0.786. The van der Waals surface area contributed by atoms with Gasteiger partial charge in [-0.1, -0.05) is 24.3 Å². The molecule has 0 radical (unpaired) electrons. The Morgan fingerprint density at radius 2 is 1.69 bits per heavy atom. The van der Waals surface area contributed by atoms with Gasteiger partial charge in [0.1, 0.15) is 36.7 Å². The lowest BCUT2D eigenvalue weighted by Crippen LogP contribution is -2.46. The number of carbonyl (C=O) groups excluding carboxylic acids is 5. The number of likely N-dealkylation sites (N-methyl/N-ethyl adjacent to an activating group) is 1. The molecule has 4 N–H and O–H groups in total. The van der Waals surface area contributed by atoms with Crippen molar-refractivity contribution in [1.82, 2.24) is 40.3 Å². The number of unbranched alkanes of at least 4 members (excludes halogenated alkanes) is 2. The topological polar surface area (TPSA) is 221 Å². The highest BCUT2D eigenvalue weighted by Crippen LogP contribution is 2.32. The number of fused-ring (bicyclic) bond motifs is 1. The maximum atomic E-state index is 13.1. The predicted molar refractivity (Wildman–Crippen MR) is 237 cm³/mol. The molecule has 336 valence electrons. The van der Waals surface area contributed by atoms with Crippen molar-refractivity contribution in [3.8, 4) is 17.3 Å². The standard InChI is InChI=1S/C46H54N10O8/c1-47-45(60)40(14-8-21-57)56-29-37-36(46(56)61)12-7-13-38(37)52-42(58)30-63-24-9-23-62-22-4-3-5-25-64-35-17-15-32(16-18-35)27-50-44(59)33-10-6-11-34(26-33)49-28-41-53-54-43(55(41)2)39-19-20-48-31-51-39/h6-7,10-13,15-21,26,31,40,49H,3-5,8-9,14,22-25,27-30H2,1-2H3,(H,47,60)(H,50,59)(H,52,58). The predicted octanol–water partition coefficient (Wildman–Crippen LogP) is 4.47. The van der Waals surface area contributed by atoms with Crippen LogP contribution in [-0.4, -0.2) is 106 Å². The van der Waals surface area contributed by atoms with Crippen LogP contribution in [0.1, 0.15) is 76.2 Å². The first-order valence-electron chi connectivity index (χ1n) is 21.3. The highest BCUT2D eigenvalue weighted by molar-refractivity contribution is 6.04. The molecule has 0 aliphatic carbocycles. The quantitative estimate of drug-likeness (QED) is 0.0446. The number of ether oxygens (including phenoxy) is 3. The molecule has 2 aromatic heterocycles. The summed E-state index contributed by atoms with van der Waals surface area (Å²) in [5.41, 5.74) is 4.47. The van der Waals surface area contributed by atoms with Gasteiger partial charge in [0.2, 0.25) is 11.8 Å². The first-order chi connectivity index (χ1) is 31.2. The number of hydrogen-bond acceptors (Lipinski definition) is 13. The highest BCUT2D eigenvalue weighted by atomic mass is 16.5. The minimum atomic E-state index is -0.790. The molecule has 3 aromatic carbocycles. The van der Waals surface area contributed by atoms with Crippen LogP contribution in [0.2, 0.25) is 0 Å². The highest BCUT2D eigenvalue weighted by Gasteiger charge is 2.37. The molecule has 5 aromatic rings. The van der Waals surface area contributed by atoms with Gasteiger partial charge in [0.25, 0.3) is 11.8 Å². The number of amides is 4. The smallest absolute Gasteiger partial charge is 0.255 e. The number of aldehydes is 1. The zero-order valence-electron chi connectivity index (χ0n) is 36.1. The fourth-order valence-electron chi connectivity index (χ4n) is 7.03. The largest absolute Gasteiger partial charge is 0.494 e. The summed E-state index contributed by atoms with van der Waals surface area (Å²) in [5.74, 6) is 0.911. The summed E-state index contributed by atoms with van der Waals surface area (Å²) in [6, 6.07) is 21.0. The molecular formula is C46H54N10O8. The Hall–Kier alpha value is -7.05. The summed E-state index contributed by atoms with van der Waals surface area (Å²) >= 11 is 0. The molecule has 18 nitrogen and oxygen atoms in total. The van der Waals surface area contributed by atoms with Gasteiger partial charge in [-0.05, 0) is 86.2 Å². The molecule has 1 aliphatic heterocycles. The molecule has 1 unspecified atom stereocenters. The van der Waals surface area contributed by atoms with Crippen molar-refractivity contribution in [3.05, 3.63) is 113 Å². The third kappa shape index (κ3) is 13.0. The van der Waals surface area contributed by atoms with Crippen LogP contribution in [0, 0.1) is 0 Å². The van der Waals surface area contributed by atoms with Gasteiger partial charge < -0.3 is 49.7 Å². The number of rotatable bonds is 26. The van der Waals surface area contributed by atoms with Crippen molar-refractivity contribution in [3.63, 3.8) is 0 Å². The number of nitrogens with one attached hydrogen (secondary N) is 4. The number of carbonyl (C=O) groups is 5. The van der Waals surface area contributed by atoms with Gasteiger partial charge in [0.05, 0.1) is 13.2 Å². The second kappa shape index (κ2) is 24.0. The van der Waals surface area contributed by atoms with E-state index in [4.69, 9.17) is 14.2 Å². The Bertz CT molecular complexity index is 2340. The van der Waals surface area contributed by atoms with Crippen molar-refractivity contribution in [2.75, 3.05) is 50.7 Å². The molecule has 3 heterocycles. The van der Waals surface area contributed by atoms with Gasteiger partial charge >= 0.3 is 0 Å². The second-order valence-electron chi connectivity index (χ2n) is 15.0. The van der Waals surface area contributed by atoms with Crippen LogP contribution in [0.25, 0.3) is 11.5 Å². The van der Waals surface area contributed by atoms with Crippen LogP contribution in [0.5, 0.6) is 5.75 Å². The molecular weight excluding hydrogens is 821 g/mol. The van der Waals surface area contributed by atoms with E-state index in [2.05, 4.69) is 41.4 Å². The average Bonchev–Trinajstić information content (AvgIpc) is 3.87. The van der Waals surface area contributed by atoms with E-state index in [1.807, 2.05) is 48.0 Å². The van der Waals surface area contributed by atoms with Gasteiger partial charge in [-0.15, -0.1) is 10.2 Å². The van der Waals surface area contributed by atoms with Crippen LogP contribution in [0.15, 0.2) is 85.3 Å².